The third-order valence-corrected chi connectivity index (χ3v) is 5.48. The summed E-state index contributed by atoms with van der Waals surface area (Å²) < 4.78 is 23.1. The predicted octanol–water partition coefficient (Wildman–Crippen LogP) is 3.16. The Kier molecular flexibility index (Phi) is 6.88. The van der Waals surface area contributed by atoms with Gasteiger partial charge in [0.15, 0.2) is 0 Å². The topological polar surface area (TPSA) is 46.2 Å². The quantitative estimate of drug-likeness (QED) is 0.762. The van der Waals surface area contributed by atoms with E-state index in [1.807, 2.05) is 6.07 Å². The first kappa shape index (κ1) is 18.2. The van der Waals surface area contributed by atoms with E-state index in [-0.39, 0.29) is 17.2 Å². The predicted molar refractivity (Wildman–Crippen MR) is 90.5 cm³/mol. The molecule has 0 saturated heterocycles. The van der Waals surface area contributed by atoms with Crippen molar-refractivity contribution in [2.45, 2.75) is 51.5 Å². The molecule has 0 radical (unpaired) electrons. The molecule has 0 amide bonds. The van der Waals surface area contributed by atoms with Crippen molar-refractivity contribution in [3.63, 3.8) is 0 Å². The molecule has 1 aromatic rings. The molecule has 0 fully saturated rings. The van der Waals surface area contributed by atoms with Gasteiger partial charge in [0.05, 0.1) is 5.75 Å². The molecule has 0 saturated carbocycles. The molecule has 1 rings (SSSR count). The van der Waals surface area contributed by atoms with Crippen molar-refractivity contribution >= 4 is 9.84 Å². The fraction of sp³-hybridized carbons (Fsp3) is 0.647. The fourth-order valence-electron chi connectivity index (χ4n) is 3.27. The maximum Gasteiger partial charge on any atom is 0.147 e. The van der Waals surface area contributed by atoms with Gasteiger partial charge in [-0.15, -0.1) is 0 Å². The van der Waals surface area contributed by atoms with Crippen LogP contribution in [0.1, 0.15) is 45.6 Å². The second-order valence-electron chi connectivity index (χ2n) is 5.76. The summed E-state index contributed by atoms with van der Waals surface area (Å²) in [5.74, 6) is 0.235. The zero-order valence-corrected chi connectivity index (χ0v) is 14.5. The molecule has 4 heteroatoms. The smallest absolute Gasteiger partial charge is 0.147 e. The van der Waals surface area contributed by atoms with E-state index in [2.05, 4.69) is 50.4 Å². The molecule has 0 aliphatic rings. The minimum atomic E-state index is -2.94. The molecule has 0 aliphatic heterocycles. The van der Waals surface area contributed by atoms with E-state index in [0.717, 1.165) is 19.4 Å². The minimum Gasteiger partial charge on any atom is -0.313 e. The highest BCUT2D eigenvalue weighted by molar-refractivity contribution is 7.90. The largest absolute Gasteiger partial charge is 0.313 e. The number of sulfone groups is 1. The van der Waals surface area contributed by atoms with Gasteiger partial charge in [-0.2, -0.15) is 0 Å². The maximum absolute atomic E-state index is 11.6. The summed E-state index contributed by atoms with van der Waals surface area (Å²) in [6.45, 7) is 7.32. The molecule has 0 bridgehead atoms. The third kappa shape index (κ3) is 4.82. The van der Waals surface area contributed by atoms with Crippen LogP contribution in [0.25, 0.3) is 0 Å². The van der Waals surface area contributed by atoms with Crippen LogP contribution in [-0.2, 0) is 15.3 Å². The van der Waals surface area contributed by atoms with Crippen LogP contribution in [-0.4, -0.2) is 33.0 Å². The summed E-state index contributed by atoms with van der Waals surface area (Å²) in [6, 6.07) is 10.7. The van der Waals surface area contributed by atoms with Gasteiger partial charge >= 0.3 is 0 Å². The normalized spacial score (nSPS) is 14.1. The van der Waals surface area contributed by atoms with E-state index in [1.54, 1.807) is 0 Å². The molecule has 0 spiro atoms. The van der Waals surface area contributed by atoms with E-state index in [1.165, 1.54) is 11.8 Å². The Morgan fingerprint density at radius 2 is 1.67 bits per heavy atom. The molecule has 1 aromatic carbocycles. The highest BCUT2D eigenvalue weighted by Gasteiger charge is 2.36. The molecule has 21 heavy (non-hydrogen) atoms. The van der Waals surface area contributed by atoms with Crippen LogP contribution in [0.3, 0.4) is 0 Å². The highest BCUT2D eigenvalue weighted by Crippen LogP contribution is 2.36. The van der Waals surface area contributed by atoms with Crippen LogP contribution < -0.4 is 5.32 Å². The molecular formula is C17H29NO2S. The Morgan fingerprint density at radius 3 is 2.10 bits per heavy atom. The van der Waals surface area contributed by atoms with Gasteiger partial charge in [0.25, 0.3) is 0 Å². The zero-order chi connectivity index (χ0) is 15.9. The van der Waals surface area contributed by atoms with Crippen LogP contribution >= 0.6 is 0 Å². The van der Waals surface area contributed by atoms with Gasteiger partial charge in [0, 0.05) is 17.7 Å². The van der Waals surface area contributed by atoms with E-state index in [4.69, 9.17) is 0 Å². The average molecular weight is 311 g/mol. The molecule has 3 nitrogen and oxygen atoms in total. The molecule has 1 N–H and O–H groups in total. The Morgan fingerprint density at radius 1 is 1.10 bits per heavy atom. The first-order valence-electron chi connectivity index (χ1n) is 7.86. The lowest BCUT2D eigenvalue weighted by atomic mass is 9.69. The van der Waals surface area contributed by atoms with Crippen molar-refractivity contribution in [1.82, 2.24) is 5.32 Å². The van der Waals surface area contributed by atoms with Crippen molar-refractivity contribution in [2.24, 2.45) is 0 Å². The van der Waals surface area contributed by atoms with Crippen LogP contribution in [0.5, 0.6) is 0 Å². The number of hydrogen-bond acceptors (Lipinski definition) is 3. The van der Waals surface area contributed by atoms with Gasteiger partial charge in [-0.25, -0.2) is 8.42 Å². The van der Waals surface area contributed by atoms with Crippen LogP contribution in [0, 0.1) is 0 Å². The number of rotatable bonds is 9. The number of hydrogen-bond donors (Lipinski definition) is 1. The fourth-order valence-corrected chi connectivity index (χ4v) is 3.94. The molecule has 0 aromatic heterocycles. The number of benzene rings is 1. The lowest BCUT2D eigenvalue weighted by molar-refractivity contribution is 0.268. The van der Waals surface area contributed by atoms with E-state index < -0.39 is 9.84 Å². The molecule has 0 aliphatic carbocycles. The van der Waals surface area contributed by atoms with Crippen molar-refractivity contribution in [3.8, 4) is 0 Å². The summed E-state index contributed by atoms with van der Waals surface area (Å²) in [7, 11) is -2.94. The van der Waals surface area contributed by atoms with Crippen LogP contribution in [0.15, 0.2) is 30.3 Å². The Balaban J connectivity index is 3.13. The Hall–Kier alpha value is -0.870. The first-order valence-corrected chi connectivity index (χ1v) is 9.92. The monoisotopic (exact) mass is 311 g/mol. The average Bonchev–Trinajstić information content (AvgIpc) is 2.46. The second-order valence-corrected chi connectivity index (χ2v) is 8.02. The molecule has 1 unspecified atom stereocenters. The van der Waals surface area contributed by atoms with E-state index in [9.17, 15) is 8.42 Å². The summed E-state index contributed by atoms with van der Waals surface area (Å²) in [5.41, 5.74) is 1.29. The van der Waals surface area contributed by atoms with Crippen molar-refractivity contribution in [3.05, 3.63) is 35.9 Å². The maximum atomic E-state index is 11.6. The van der Waals surface area contributed by atoms with E-state index >= 15 is 0 Å². The van der Waals surface area contributed by atoms with Gasteiger partial charge in [-0.3, -0.25) is 0 Å². The molecular weight excluding hydrogens is 282 g/mol. The van der Waals surface area contributed by atoms with Crippen molar-refractivity contribution in [1.29, 1.82) is 0 Å². The van der Waals surface area contributed by atoms with Crippen LogP contribution in [0.4, 0.5) is 0 Å². The standard InChI is InChI=1S/C17H29NO2S/c1-5-17(6-2,15-11-9-8-10-12-15)16(18-7-3)13-14-21(4,19)20/h8-12,16,18H,5-7,13-14H2,1-4H3. The SMILES string of the molecule is CCNC(CCS(C)(=O)=O)C(CC)(CC)c1ccccc1. The molecule has 1 atom stereocenters. The Bertz CT molecular complexity index is 507. The zero-order valence-electron chi connectivity index (χ0n) is 13.7. The molecule has 120 valence electrons. The van der Waals surface area contributed by atoms with Gasteiger partial charge < -0.3 is 5.32 Å². The van der Waals surface area contributed by atoms with E-state index in [0.29, 0.717) is 6.42 Å². The summed E-state index contributed by atoms with van der Waals surface area (Å²) in [6.07, 6.45) is 3.96. The highest BCUT2D eigenvalue weighted by atomic mass is 32.2. The van der Waals surface area contributed by atoms with Crippen molar-refractivity contribution in [2.75, 3.05) is 18.6 Å². The summed E-state index contributed by atoms with van der Waals surface area (Å²) in [4.78, 5) is 0. The van der Waals surface area contributed by atoms with Gasteiger partial charge in [0.1, 0.15) is 9.84 Å². The number of likely N-dealkylation sites (N-methyl/N-ethyl adjacent to an activating group) is 1. The molecule has 0 heterocycles. The number of nitrogens with one attached hydrogen (secondary N) is 1. The summed E-state index contributed by atoms with van der Waals surface area (Å²) >= 11 is 0. The van der Waals surface area contributed by atoms with Gasteiger partial charge in [-0.1, -0.05) is 51.1 Å². The minimum absolute atomic E-state index is 0.0119. The van der Waals surface area contributed by atoms with Gasteiger partial charge in [0.2, 0.25) is 0 Å². The third-order valence-electron chi connectivity index (χ3n) is 4.51. The lowest BCUT2D eigenvalue weighted by Crippen LogP contribution is -2.48. The second kappa shape index (κ2) is 7.95. The summed E-state index contributed by atoms with van der Waals surface area (Å²) in [5, 5.41) is 3.53. The lowest BCUT2D eigenvalue weighted by Gasteiger charge is -2.41. The first-order chi connectivity index (χ1) is 9.89. The van der Waals surface area contributed by atoms with Gasteiger partial charge in [-0.05, 0) is 31.4 Å². The van der Waals surface area contributed by atoms with Crippen molar-refractivity contribution < 1.29 is 8.42 Å². The van der Waals surface area contributed by atoms with Crippen LogP contribution in [0.2, 0.25) is 0 Å². The Labute approximate surface area is 130 Å².